The zero-order chi connectivity index (χ0) is 9.19. The smallest absolute Gasteiger partial charge is 0.266 e. The molecule has 0 bridgehead atoms. The minimum Gasteiger partial charge on any atom is -0.266 e. The fourth-order valence-corrected chi connectivity index (χ4v) is 2.84. The van der Waals surface area contributed by atoms with Crippen molar-refractivity contribution in [1.29, 1.82) is 0 Å². The zero-order valence-corrected chi connectivity index (χ0v) is 8.95. The molecule has 3 nitrogen and oxygen atoms in total. The van der Waals surface area contributed by atoms with Crippen LogP contribution in [0.2, 0.25) is 0 Å². The Bertz CT molecular complexity index is 227. The van der Waals surface area contributed by atoms with Crippen molar-refractivity contribution in [3.63, 3.8) is 0 Å². The Kier molecular flexibility index (Phi) is 3.43. The maximum absolute atomic E-state index is 11.3. The van der Waals surface area contributed by atoms with E-state index in [2.05, 4.69) is 0 Å². The van der Waals surface area contributed by atoms with Crippen LogP contribution in [-0.2, 0) is 14.3 Å². The van der Waals surface area contributed by atoms with Gasteiger partial charge in [-0.15, -0.1) is 0 Å². The van der Waals surface area contributed by atoms with Crippen LogP contribution in [0.1, 0.15) is 20.3 Å². The molecule has 1 aliphatic heterocycles. The second kappa shape index (κ2) is 3.98. The Hall–Kier alpha value is 0.260. The van der Waals surface area contributed by atoms with Gasteiger partial charge in [0.25, 0.3) is 10.1 Å². The summed E-state index contributed by atoms with van der Waals surface area (Å²) in [5.74, 6) is 1.82. The van der Waals surface area contributed by atoms with Crippen molar-refractivity contribution in [2.45, 2.75) is 31.6 Å². The molecule has 0 saturated carbocycles. The molecule has 12 heavy (non-hydrogen) atoms. The summed E-state index contributed by atoms with van der Waals surface area (Å²) in [6, 6.07) is 0. The van der Waals surface area contributed by atoms with Gasteiger partial charge in [0.05, 0.1) is 11.4 Å². The topological polar surface area (TPSA) is 43.4 Å². The molecule has 1 rings (SSSR count). The average Bonchev–Trinajstić information content (AvgIpc) is 2.38. The molecule has 0 aromatic heterocycles. The van der Waals surface area contributed by atoms with Gasteiger partial charge in [-0.1, -0.05) is 0 Å². The largest absolute Gasteiger partial charge is 0.269 e. The van der Waals surface area contributed by atoms with Crippen LogP contribution in [0.4, 0.5) is 0 Å². The quantitative estimate of drug-likeness (QED) is 0.657. The maximum atomic E-state index is 11.3. The van der Waals surface area contributed by atoms with Crippen LogP contribution in [0.15, 0.2) is 0 Å². The first-order valence-corrected chi connectivity index (χ1v) is 6.65. The van der Waals surface area contributed by atoms with Gasteiger partial charge < -0.3 is 0 Å². The van der Waals surface area contributed by atoms with Gasteiger partial charge in [0.2, 0.25) is 0 Å². The highest BCUT2D eigenvalue weighted by atomic mass is 32.2. The summed E-state index contributed by atoms with van der Waals surface area (Å²) in [5, 5.41) is -0.428. The Labute approximate surface area is 78.0 Å². The molecule has 0 radical (unpaired) electrons. The van der Waals surface area contributed by atoms with E-state index < -0.39 is 15.4 Å². The second-order valence-corrected chi connectivity index (χ2v) is 6.39. The summed E-state index contributed by atoms with van der Waals surface area (Å²) >= 11 is 1.75. The van der Waals surface area contributed by atoms with Crippen molar-refractivity contribution in [1.82, 2.24) is 0 Å². The molecule has 0 aliphatic carbocycles. The zero-order valence-electron chi connectivity index (χ0n) is 7.32. The molecular formula is C7H14O3S2. The molecule has 0 unspecified atom stereocenters. The van der Waals surface area contributed by atoms with Crippen molar-refractivity contribution in [3.8, 4) is 0 Å². The normalized spacial score (nSPS) is 25.1. The third-order valence-electron chi connectivity index (χ3n) is 1.74. The highest BCUT2D eigenvalue weighted by molar-refractivity contribution is 7.99. The van der Waals surface area contributed by atoms with Gasteiger partial charge in [0.1, 0.15) is 0 Å². The van der Waals surface area contributed by atoms with E-state index in [4.69, 9.17) is 4.18 Å². The van der Waals surface area contributed by atoms with E-state index in [-0.39, 0.29) is 6.10 Å². The summed E-state index contributed by atoms with van der Waals surface area (Å²) in [7, 11) is -3.29. The number of hydrogen-bond donors (Lipinski definition) is 0. The number of rotatable bonds is 3. The molecule has 0 N–H and O–H groups in total. The Morgan fingerprint density at radius 2 is 2.17 bits per heavy atom. The van der Waals surface area contributed by atoms with Gasteiger partial charge in [-0.2, -0.15) is 20.2 Å². The predicted octanol–water partition coefficient (Wildman–Crippen LogP) is 1.25. The first kappa shape index (κ1) is 10.3. The first-order chi connectivity index (χ1) is 5.52. The van der Waals surface area contributed by atoms with E-state index >= 15 is 0 Å². The third kappa shape index (κ3) is 2.64. The molecule has 72 valence electrons. The first-order valence-electron chi connectivity index (χ1n) is 4.02. The van der Waals surface area contributed by atoms with E-state index in [9.17, 15) is 8.42 Å². The minimum atomic E-state index is -3.29. The summed E-state index contributed by atoms with van der Waals surface area (Å²) in [5.41, 5.74) is 0. The highest BCUT2D eigenvalue weighted by Crippen LogP contribution is 2.22. The van der Waals surface area contributed by atoms with Gasteiger partial charge in [-0.3, -0.25) is 4.18 Å². The minimum absolute atomic E-state index is 0.0811. The van der Waals surface area contributed by atoms with Gasteiger partial charge in [-0.25, -0.2) is 0 Å². The van der Waals surface area contributed by atoms with Crippen LogP contribution < -0.4 is 0 Å². The lowest BCUT2D eigenvalue weighted by Crippen LogP contribution is -2.24. The molecule has 1 fully saturated rings. The van der Waals surface area contributed by atoms with Crippen molar-refractivity contribution in [2.75, 3.05) is 11.5 Å². The molecule has 1 aliphatic rings. The van der Waals surface area contributed by atoms with Crippen LogP contribution >= 0.6 is 11.8 Å². The van der Waals surface area contributed by atoms with Crippen LogP contribution in [0.3, 0.4) is 0 Å². The fraction of sp³-hybridized carbons (Fsp3) is 1.00. The summed E-state index contributed by atoms with van der Waals surface area (Å²) < 4.78 is 27.5. The van der Waals surface area contributed by atoms with E-state index in [0.29, 0.717) is 0 Å². The summed E-state index contributed by atoms with van der Waals surface area (Å²) in [6.07, 6.45) is 0.777. The second-order valence-electron chi connectivity index (χ2n) is 3.12. The van der Waals surface area contributed by atoms with Crippen LogP contribution in [0.5, 0.6) is 0 Å². The number of hydrogen-bond acceptors (Lipinski definition) is 4. The third-order valence-corrected chi connectivity index (χ3v) is 4.56. The Morgan fingerprint density at radius 3 is 2.58 bits per heavy atom. The molecule has 0 spiro atoms. The highest BCUT2D eigenvalue weighted by Gasteiger charge is 2.25. The van der Waals surface area contributed by atoms with E-state index in [1.807, 2.05) is 0 Å². The lowest BCUT2D eigenvalue weighted by molar-refractivity contribution is 0.233. The number of thioether (sulfide) groups is 1. The van der Waals surface area contributed by atoms with Gasteiger partial charge >= 0.3 is 0 Å². The Morgan fingerprint density at radius 1 is 1.50 bits per heavy atom. The molecule has 1 atom stereocenters. The Balaban J connectivity index is 2.49. The van der Waals surface area contributed by atoms with Gasteiger partial charge in [-0.05, 0) is 26.0 Å². The molecular weight excluding hydrogens is 196 g/mol. The SMILES string of the molecule is CC(C)S(=O)(=O)O[C@@H]1CCSC1. The average molecular weight is 210 g/mol. The van der Waals surface area contributed by atoms with Crippen molar-refractivity contribution in [2.24, 2.45) is 0 Å². The molecule has 5 heteroatoms. The summed E-state index contributed by atoms with van der Waals surface area (Å²) in [6.45, 7) is 3.27. The lowest BCUT2D eigenvalue weighted by Gasteiger charge is -2.12. The fourth-order valence-electron chi connectivity index (χ4n) is 0.890. The molecule has 0 aromatic carbocycles. The monoisotopic (exact) mass is 210 g/mol. The van der Waals surface area contributed by atoms with Crippen LogP contribution in [0, 0.1) is 0 Å². The molecule has 0 amide bonds. The van der Waals surface area contributed by atoms with E-state index in [1.165, 1.54) is 0 Å². The van der Waals surface area contributed by atoms with Crippen molar-refractivity contribution < 1.29 is 12.6 Å². The standard InChI is InChI=1S/C7H14O3S2/c1-6(2)12(8,9)10-7-3-4-11-5-7/h6-7H,3-5H2,1-2H3/t7-/m1/s1. The van der Waals surface area contributed by atoms with E-state index in [1.54, 1.807) is 25.6 Å². The lowest BCUT2D eigenvalue weighted by atomic mass is 10.3. The molecule has 1 heterocycles. The van der Waals surface area contributed by atoms with Gasteiger partial charge in [0, 0.05) is 5.75 Å². The van der Waals surface area contributed by atoms with Crippen molar-refractivity contribution >= 4 is 21.9 Å². The maximum Gasteiger partial charge on any atom is 0.269 e. The van der Waals surface area contributed by atoms with Gasteiger partial charge in [0.15, 0.2) is 0 Å². The molecule has 1 saturated heterocycles. The van der Waals surface area contributed by atoms with E-state index in [0.717, 1.165) is 17.9 Å². The van der Waals surface area contributed by atoms with Crippen molar-refractivity contribution in [3.05, 3.63) is 0 Å². The van der Waals surface area contributed by atoms with Crippen LogP contribution in [-0.4, -0.2) is 31.3 Å². The summed E-state index contributed by atoms with van der Waals surface area (Å²) in [4.78, 5) is 0. The predicted molar refractivity (Wildman–Crippen MR) is 50.9 cm³/mol. The molecule has 0 aromatic rings. The van der Waals surface area contributed by atoms with Crippen LogP contribution in [0.25, 0.3) is 0 Å².